The van der Waals surface area contributed by atoms with Gasteiger partial charge in [0.15, 0.2) is 11.6 Å². The summed E-state index contributed by atoms with van der Waals surface area (Å²) in [5.41, 5.74) is 0.966. The van der Waals surface area contributed by atoms with Crippen LogP contribution in [-0.4, -0.2) is 36.4 Å². The Kier molecular flexibility index (Phi) is 13.4. The Labute approximate surface area is 188 Å². The van der Waals surface area contributed by atoms with Crippen LogP contribution in [0, 0.1) is 0 Å². The van der Waals surface area contributed by atoms with Gasteiger partial charge in [0.2, 0.25) is 0 Å². The van der Waals surface area contributed by atoms with E-state index in [1.807, 2.05) is 24.3 Å². The van der Waals surface area contributed by atoms with Gasteiger partial charge in [-0.3, -0.25) is 0 Å². The van der Waals surface area contributed by atoms with Crippen molar-refractivity contribution < 1.29 is 14.2 Å². The molecule has 0 saturated carbocycles. The van der Waals surface area contributed by atoms with Crippen LogP contribution in [0.5, 0.6) is 11.5 Å². The molecular weight excluding hydrogens is 388 g/mol. The minimum absolute atomic E-state index is 0.516. The Bertz CT molecular complexity index is 674. The lowest BCUT2D eigenvalue weighted by atomic mass is 10.2. The van der Waals surface area contributed by atoms with Gasteiger partial charge >= 0.3 is 0 Å². The monoisotopic (exact) mass is 428 g/mol. The van der Waals surface area contributed by atoms with Gasteiger partial charge in [-0.15, -0.1) is 0 Å². The number of ether oxygens (including phenoxy) is 3. The van der Waals surface area contributed by atoms with E-state index >= 15 is 0 Å². The topological polar surface area (TPSA) is 53.5 Å². The number of nitrogens with zero attached hydrogens (tertiary/aromatic N) is 2. The fourth-order valence-corrected chi connectivity index (χ4v) is 3.26. The minimum Gasteiger partial charge on any atom is -0.494 e. The van der Waals surface area contributed by atoms with Crippen molar-refractivity contribution in [3.63, 3.8) is 0 Å². The summed E-state index contributed by atoms with van der Waals surface area (Å²) >= 11 is 0. The van der Waals surface area contributed by atoms with Crippen LogP contribution in [0.3, 0.4) is 0 Å². The molecule has 0 bridgehead atoms. The second-order valence-electron chi connectivity index (χ2n) is 7.90. The number of unbranched alkanes of at least 4 members (excludes halogenated alkanes) is 8. The summed E-state index contributed by atoms with van der Waals surface area (Å²) < 4.78 is 17.1. The maximum Gasteiger partial charge on any atom is 0.159 e. The van der Waals surface area contributed by atoms with Crippen LogP contribution in [0.25, 0.3) is 11.4 Å². The Hall–Kier alpha value is -2.14. The van der Waals surface area contributed by atoms with E-state index in [1.54, 1.807) is 12.4 Å². The van der Waals surface area contributed by atoms with Gasteiger partial charge in [-0.1, -0.05) is 65.2 Å². The average Bonchev–Trinajstić information content (AvgIpc) is 2.81. The summed E-state index contributed by atoms with van der Waals surface area (Å²) in [4.78, 5) is 8.84. The van der Waals surface area contributed by atoms with E-state index in [0.717, 1.165) is 37.4 Å². The van der Waals surface area contributed by atoms with Gasteiger partial charge < -0.3 is 14.2 Å². The van der Waals surface area contributed by atoms with E-state index in [4.69, 9.17) is 14.2 Å². The molecule has 0 unspecified atom stereocenters. The number of hydrogen-bond donors (Lipinski definition) is 0. The molecular formula is C26H40N2O3. The predicted octanol–water partition coefficient (Wildman–Crippen LogP) is 6.86. The van der Waals surface area contributed by atoms with Crippen LogP contribution in [0.15, 0.2) is 36.7 Å². The smallest absolute Gasteiger partial charge is 0.159 e. The summed E-state index contributed by atoms with van der Waals surface area (Å²) in [6.07, 6.45) is 15.9. The molecule has 1 aromatic carbocycles. The summed E-state index contributed by atoms with van der Waals surface area (Å²) in [6, 6.07) is 7.96. The predicted molar refractivity (Wildman–Crippen MR) is 127 cm³/mol. The van der Waals surface area contributed by atoms with Crippen molar-refractivity contribution in [2.75, 3.05) is 26.4 Å². The maximum atomic E-state index is 5.82. The van der Waals surface area contributed by atoms with Gasteiger partial charge in [0, 0.05) is 12.2 Å². The van der Waals surface area contributed by atoms with Gasteiger partial charge in [-0.05, 0) is 37.1 Å². The summed E-state index contributed by atoms with van der Waals surface area (Å²) in [5.74, 6) is 2.24. The molecule has 0 fully saturated rings. The van der Waals surface area contributed by atoms with E-state index in [1.165, 1.54) is 51.4 Å². The molecule has 0 radical (unpaired) electrons. The first-order valence-electron chi connectivity index (χ1n) is 12.1. The standard InChI is InChI=1S/C26H40N2O3/c1-3-5-7-9-11-17-29-19-20-31-25-21-27-26(28-22-25)23-13-15-24(16-14-23)30-18-12-10-8-6-4-2/h13-16,21-22H,3-12,17-20H2,1-2H3. The molecule has 0 amide bonds. The van der Waals surface area contributed by atoms with Crippen molar-refractivity contribution in [1.29, 1.82) is 0 Å². The highest BCUT2D eigenvalue weighted by atomic mass is 16.5. The molecule has 1 aromatic heterocycles. The van der Waals surface area contributed by atoms with E-state index in [9.17, 15) is 0 Å². The highest BCUT2D eigenvalue weighted by Crippen LogP contribution is 2.20. The van der Waals surface area contributed by atoms with Crippen molar-refractivity contribution in [1.82, 2.24) is 9.97 Å². The van der Waals surface area contributed by atoms with Crippen LogP contribution in [-0.2, 0) is 4.74 Å². The molecule has 2 rings (SSSR count). The molecule has 0 aliphatic heterocycles. The quantitative estimate of drug-likeness (QED) is 0.243. The van der Waals surface area contributed by atoms with Gasteiger partial charge in [0.05, 0.1) is 25.6 Å². The highest BCUT2D eigenvalue weighted by Gasteiger charge is 2.03. The van der Waals surface area contributed by atoms with E-state index in [0.29, 0.717) is 24.8 Å². The fourth-order valence-electron chi connectivity index (χ4n) is 3.26. The first-order chi connectivity index (χ1) is 15.3. The van der Waals surface area contributed by atoms with Gasteiger partial charge in [-0.2, -0.15) is 0 Å². The molecule has 172 valence electrons. The number of hydrogen-bond acceptors (Lipinski definition) is 5. The third kappa shape index (κ3) is 11.2. The zero-order valence-electron chi connectivity index (χ0n) is 19.5. The molecule has 1 heterocycles. The molecule has 0 aliphatic carbocycles. The van der Waals surface area contributed by atoms with Crippen LogP contribution >= 0.6 is 0 Å². The molecule has 31 heavy (non-hydrogen) atoms. The molecule has 0 aliphatic rings. The van der Waals surface area contributed by atoms with E-state index in [-0.39, 0.29) is 0 Å². The third-order valence-corrected chi connectivity index (χ3v) is 5.15. The third-order valence-electron chi connectivity index (χ3n) is 5.15. The highest BCUT2D eigenvalue weighted by molar-refractivity contribution is 5.56. The molecule has 0 saturated heterocycles. The summed E-state index contributed by atoms with van der Waals surface area (Å²) in [5, 5.41) is 0. The lowest BCUT2D eigenvalue weighted by Crippen LogP contribution is -2.08. The Morgan fingerprint density at radius 3 is 1.81 bits per heavy atom. The molecule has 5 nitrogen and oxygen atoms in total. The SMILES string of the molecule is CCCCCCCOCCOc1cnc(-c2ccc(OCCCCCCC)cc2)nc1. The Balaban J connectivity index is 1.62. The van der Waals surface area contributed by atoms with Gasteiger partial charge in [0.25, 0.3) is 0 Å². The first-order valence-corrected chi connectivity index (χ1v) is 12.1. The van der Waals surface area contributed by atoms with Crippen LogP contribution < -0.4 is 9.47 Å². The van der Waals surface area contributed by atoms with E-state index < -0.39 is 0 Å². The molecule has 0 spiro atoms. The minimum atomic E-state index is 0.516. The molecule has 2 aromatic rings. The van der Waals surface area contributed by atoms with Crippen molar-refractivity contribution in [3.05, 3.63) is 36.7 Å². The fraction of sp³-hybridized carbons (Fsp3) is 0.615. The second-order valence-corrected chi connectivity index (χ2v) is 7.90. The molecule has 0 atom stereocenters. The number of rotatable bonds is 18. The first kappa shape index (κ1) is 25.1. The number of aromatic nitrogens is 2. The number of benzene rings is 1. The lowest BCUT2D eigenvalue weighted by molar-refractivity contribution is 0.0968. The van der Waals surface area contributed by atoms with Crippen LogP contribution in [0.2, 0.25) is 0 Å². The summed E-state index contributed by atoms with van der Waals surface area (Å²) in [7, 11) is 0. The average molecular weight is 429 g/mol. The van der Waals surface area contributed by atoms with Crippen LogP contribution in [0.1, 0.15) is 78.1 Å². The molecule has 5 heteroatoms. The van der Waals surface area contributed by atoms with Crippen molar-refractivity contribution in [2.45, 2.75) is 78.1 Å². The van der Waals surface area contributed by atoms with Crippen LogP contribution in [0.4, 0.5) is 0 Å². The van der Waals surface area contributed by atoms with Crippen molar-refractivity contribution >= 4 is 0 Å². The normalized spacial score (nSPS) is 10.9. The zero-order valence-corrected chi connectivity index (χ0v) is 19.5. The Morgan fingerprint density at radius 2 is 1.16 bits per heavy atom. The summed E-state index contributed by atoms with van der Waals surface area (Å²) in [6.45, 7) is 7.15. The van der Waals surface area contributed by atoms with E-state index in [2.05, 4.69) is 23.8 Å². The van der Waals surface area contributed by atoms with Crippen molar-refractivity contribution in [3.8, 4) is 22.9 Å². The van der Waals surface area contributed by atoms with Crippen molar-refractivity contribution in [2.24, 2.45) is 0 Å². The lowest BCUT2D eigenvalue weighted by Gasteiger charge is -2.08. The van der Waals surface area contributed by atoms with Gasteiger partial charge in [-0.25, -0.2) is 9.97 Å². The Morgan fingerprint density at radius 1 is 0.581 bits per heavy atom. The largest absolute Gasteiger partial charge is 0.494 e. The van der Waals surface area contributed by atoms with Gasteiger partial charge in [0.1, 0.15) is 12.4 Å². The second kappa shape index (κ2) is 16.5. The zero-order chi connectivity index (χ0) is 22.0. The maximum absolute atomic E-state index is 5.82. The molecule has 0 N–H and O–H groups in total.